The monoisotopic (exact) mass is 635 g/mol. The number of carbonyl (C=O) groups excluding carboxylic acids is 2. The molecule has 4 heterocycles. The largest absolute Gasteiger partial charge is 0.460 e. The lowest BCUT2D eigenvalue weighted by Crippen LogP contribution is -2.14. The maximum Gasteiger partial charge on any atom is 0.378 e. The highest BCUT2D eigenvalue weighted by molar-refractivity contribution is 7.13. The molecule has 0 fully saturated rings. The number of nitrogens with two attached hydrogens (primary N) is 1. The normalized spacial score (nSPS) is 10.7. The van der Waals surface area contributed by atoms with E-state index in [4.69, 9.17) is 10.5 Å². The predicted molar refractivity (Wildman–Crippen MR) is 158 cm³/mol. The number of carbonyl (C=O) groups is 2. The van der Waals surface area contributed by atoms with Crippen LogP contribution in [0.5, 0.6) is 0 Å². The molecule has 0 saturated carbocycles. The number of nitrogens with zero attached hydrogens (tertiary/aromatic N) is 8. The van der Waals surface area contributed by atoms with Crippen molar-refractivity contribution in [3.8, 4) is 21.7 Å². The van der Waals surface area contributed by atoms with Crippen molar-refractivity contribution in [1.82, 2.24) is 39.5 Å². The molecule has 0 radical (unpaired) electrons. The molecule has 0 saturated heterocycles. The number of amides is 1. The van der Waals surface area contributed by atoms with Crippen LogP contribution in [0.25, 0.3) is 21.7 Å². The fourth-order valence-electron chi connectivity index (χ4n) is 3.85. The van der Waals surface area contributed by atoms with Gasteiger partial charge in [-0.3, -0.25) is 4.79 Å². The molecule has 2 N–H and O–H groups in total. The molecular formula is C28H23F2N9O3S2. The summed E-state index contributed by atoms with van der Waals surface area (Å²) in [5.74, 6) is -1.42. The summed E-state index contributed by atoms with van der Waals surface area (Å²) in [5, 5.41) is 12.9. The zero-order chi connectivity index (χ0) is 31.1. The number of primary amides is 1. The van der Waals surface area contributed by atoms with Crippen molar-refractivity contribution in [2.45, 2.75) is 20.0 Å². The molecule has 12 nitrogen and oxygen atoms in total. The Kier molecular flexibility index (Phi) is 9.51. The van der Waals surface area contributed by atoms with Crippen LogP contribution in [-0.4, -0.2) is 58.0 Å². The van der Waals surface area contributed by atoms with E-state index in [1.165, 1.54) is 44.2 Å². The molecule has 44 heavy (non-hydrogen) atoms. The highest BCUT2D eigenvalue weighted by Gasteiger charge is 2.21. The summed E-state index contributed by atoms with van der Waals surface area (Å²) in [6.45, 7) is 2.22. The van der Waals surface area contributed by atoms with E-state index in [0.717, 1.165) is 0 Å². The zero-order valence-electron chi connectivity index (χ0n) is 23.0. The molecule has 224 valence electrons. The number of ether oxygens (including phenoxy) is 1. The molecule has 2 aromatic carbocycles. The lowest BCUT2D eigenvalue weighted by Gasteiger charge is -2.05. The summed E-state index contributed by atoms with van der Waals surface area (Å²) in [7, 11) is 0. The lowest BCUT2D eigenvalue weighted by atomic mass is 10.2. The number of halogens is 2. The van der Waals surface area contributed by atoms with Crippen LogP contribution in [0, 0.1) is 11.6 Å². The summed E-state index contributed by atoms with van der Waals surface area (Å²) in [6, 6.07) is 12.7. The van der Waals surface area contributed by atoms with Crippen LogP contribution in [-0.2, 0) is 17.8 Å². The average molecular weight is 636 g/mol. The smallest absolute Gasteiger partial charge is 0.378 e. The highest BCUT2D eigenvalue weighted by atomic mass is 32.1. The van der Waals surface area contributed by atoms with Crippen LogP contribution in [0.15, 0.2) is 71.7 Å². The van der Waals surface area contributed by atoms with Crippen molar-refractivity contribution in [3.63, 3.8) is 0 Å². The van der Waals surface area contributed by atoms with Gasteiger partial charge in [-0.25, -0.2) is 32.9 Å². The van der Waals surface area contributed by atoms with Crippen molar-refractivity contribution in [3.05, 3.63) is 106 Å². The third-order valence-corrected chi connectivity index (χ3v) is 7.36. The molecule has 0 aliphatic heterocycles. The summed E-state index contributed by atoms with van der Waals surface area (Å²) in [4.78, 5) is 39.7. The summed E-state index contributed by atoms with van der Waals surface area (Å²) >= 11 is 2.71. The van der Waals surface area contributed by atoms with Crippen molar-refractivity contribution in [2.24, 2.45) is 5.73 Å². The van der Waals surface area contributed by atoms with Gasteiger partial charge in [0.15, 0.2) is 21.7 Å². The van der Waals surface area contributed by atoms with Crippen LogP contribution in [0.4, 0.5) is 8.78 Å². The van der Waals surface area contributed by atoms with E-state index in [2.05, 4.69) is 30.1 Å². The number of aromatic nitrogens is 8. The zero-order valence-corrected chi connectivity index (χ0v) is 24.6. The van der Waals surface area contributed by atoms with E-state index >= 15 is 0 Å². The molecule has 4 aromatic heterocycles. The van der Waals surface area contributed by atoms with Gasteiger partial charge >= 0.3 is 5.97 Å². The number of esters is 1. The number of hydrogen-bond donors (Lipinski definition) is 1. The van der Waals surface area contributed by atoms with Crippen molar-refractivity contribution in [2.75, 3.05) is 6.61 Å². The van der Waals surface area contributed by atoms with Gasteiger partial charge in [-0.15, -0.1) is 32.9 Å². The topological polar surface area (TPSA) is 157 Å². The second-order valence-corrected chi connectivity index (χ2v) is 10.6. The third-order valence-electron chi connectivity index (χ3n) is 5.82. The fourth-order valence-corrected chi connectivity index (χ4v) is 5.11. The fraction of sp³-hybridized carbons (Fsp3) is 0.143. The minimum Gasteiger partial charge on any atom is -0.460 e. The van der Waals surface area contributed by atoms with E-state index in [0.29, 0.717) is 32.8 Å². The molecule has 16 heteroatoms. The maximum atomic E-state index is 13.9. The van der Waals surface area contributed by atoms with E-state index in [9.17, 15) is 18.4 Å². The van der Waals surface area contributed by atoms with E-state index < -0.39 is 11.9 Å². The Hall–Kier alpha value is -5.22. The molecule has 0 spiro atoms. The Morgan fingerprint density at radius 2 is 1.27 bits per heavy atom. The first-order valence-electron chi connectivity index (χ1n) is 13.0. The Morgan fingerprint density at radius 1 is 0.795 bits per heavy atom. The van der Waals surface area contributed by atoms with Crippen LogP contribution >= 0.6 is 22.7 Å². The van der Waals surface area contributed by atoms with Gasteiger partial charge in [0.2, 0.25) is 5.82 Å². The van der Waals surface area contributed by atoms with Crippen LogP contribution in [0.1, 0.15) is 39.3 Å². The summed E-state index contributed by atoms with van der Waals surface area (Å²) in [5.41, 5.74) is 6.09. The van der Waals surface area contributed by atoms with E-state index in [1.807, 2.05) is 0 Å². The molecule has 0 aliphatic carbocycles. The standard InChI is InChI=1S/C15H13FN4O2S.C13H10FN5OS/c1-2-22-15(21)12-18-13(14-17-7-8-23-14)20(19-12)9-10-5-3-4-6-11(10)16;14-9-4-2-1-3-8(9)7-19-12(13-16-5-6-21-13)17-11(18-19)10(15)20/h3-8H,2,9H2,1H3;1-6H,7H2,(H2,15,20). The van der Waals surface area contributed by atoms with Crippen molar-refractivity contribution >= 4 is 34.6 Å². The highest BCUT2D eigenvalue weighted by Crippen LogP contribution is 2.23. The molecule has 0 unspecified atom stereocenters. The SMILES string of the molecule is CCOC(=O)c1nc(-c2nccs2)n(Cc2ccccc2F)n1.NC(=O)c1nc(-c2nccs2)n(Cc2ccccc2F)n1. The van der Waals surface area contributed by atoms with Gasteiger partial charge in [0.05, 0.1) is 19.7 Å². The lowest BCUT2D eigenvalue weighted by molar-refractivity contribution is 0.0511. The molecular weight excluding hydrogens is 612 g/mol. The van der Waals surface area contributed by atoms with E-state index in [-0.39, 0.29) is 43.0 Å². The second kappa shape index (κ2) is 13.8. The summed E-state index contributed by atoms with van der Waals surface area (Å²) < 4.78 is 35.4. The molecule has 0 bridgehead atoms. The molecule has 6 aromatic rings. The van der Waals surface area contributed by atoms with Gasteiger partial charge in [0, 0.05) is 34.3 Å². The van der Waals surface area contributed by atoms with Crippen LogP contribution in [0.2, 0.25) is 0 Å². The number of benzene rings is 2. The first kappa shape index (κ1) is 30.2. The number of hydrogen-bond acceptors (Lipinski definition) is 11. The Bertz CT molecular complexity index is 1870. The molecule has 0 aliphatic rings. The van der Waals surface area contributed by atoms with Crippen molar-refractivity contribution < 1.29 is 23.1 Å². The van der Waals surface area contributed by atoms with Crippen LogP contribution < -0.4 is 5.73 Å². The summed E-state index contributed by atoms with van der Waals surface area (Å²) in [6.07, 6.45) is 3.25. The van der Waals surface area contributed by atoms with Gasteiger partial charge < -0.3 is 10.5 Å². The average Bonchev–Trinajstić information content (AvgIpc) is 3.83. The second-order valence-electron chi connectivity index (χ2n) is 8.78. The van der Waals surface area contributed by atoms with Gasteiger partial charge in [-0.05, 0) is 19.1 Å². The molecule has 0 atom stereocenters. The number of thiazole rings is 2. The maximum absolute atomic E-state index is 13.9. The minimum absolute atomic E-state index is 0.0617. The van der Waals surface area contributed by atoms with Gasteiger partial charge in [-0.1, -0.05) is 36.4 Å². The van der Waals surface area contributed by atoms with Crippen molar-refractivity contribution in [1.29, 1.82) is 0 Å². The Morgan fingerprint density at radius 3 is 1.70 bits per heavy atom. The van der Waals surface area contributed by atoms with Crippen LogP contribution in [0.3, 0.4) is 0 Å². The molecule has 1 amide bonds. The Balaban J connectivity index is 0.000000175. The Labute approximate surface area is 256 Å². The quantitative estimate of drug-likeness (QED) is 0.227. The predicted octanol–water partition coefficient (Wildman–Crippen LogP) is 4.45. The van der Waals surface area contributed by atoms with E-state index in [1.54, 1.807) is 66.5 Å². The van der Waals surface area contributed by atoms with Gasteiger partial charge in [0.25, 0.3) is 11.7 Å². The third kappa shape index (κ3) is 7.04. The number of rotatable bonds is 9. The van der Waals surface area contributed by atoms with Gasteiger partial charge in [-0.2, -0.15) is 9.97 Å². The first-order chi connectivity index (χ1) is 21.3. The first-order valence-corrected chi connectivity index (χ1v) is 14.7. The van der Waals surface area contributed by atoms with Gasteiger partial charge in [0.1, 0.15) is 11.6 Å². The minimum atomic E-state index is -0.736. The molecule has 6 rings (SSSR count).